The minimum absolute atomic E-state index is 0.0703. The monoisotopic (exact) mass is 450 g/mol. The predicted octanol–water partition coefficient (Wildman–Crippen LogP) is 2.78. The standard InChI is InChI=1S/C25H26N2O6/c1-2-12-27(14-22(28)29)24(30)23-21(11-13-32-23)26-25(31)33-15-20-18-9-5-3-7-16(18)17-8-4-6-10-19(17)20/h2-10,20-21,23H,1,11-15H2,(H,26,31)(H,28,29). The van der Waals surface area contributed by atoms with Gasteiger partial charge in [-0.1, -0.05) is 54.6 Å². The number of benzene rings is 2. The van der Waals surface area contributed by atoms with E-state index in [-0.39, 0.29) is 25.7 Å². The highest BCUT2D eigenvalue weighted by Crippen LogP contribution is 2.44. The maximum absolute atomic E-state index is 12.8. The molecule has 2 aromatic rings. The van der Waals surface area contributed by atoms with Crippen LogP contribution in [0.15, 0.2) is 61.2 Å². The Kier molecular flexibility index (Phi) is 6.74. The summed E-state index contributed by atoms with van der Waals surface area (Å²) in [5.74, 6) is -1.71. The highest BCUT2D eigenvalue weighted by Gasteiger charge is 2.38. The Hall–Kier alpha value is -3.65. The molecule has 2 N–H and O–H groups in total. The molecule has 1 heterocycles. The van der Waals surface area contributed by atoms with Crippen molar-refractivity contribution in [2.45, 2.75) is 24.5 Å². The van der Waals surface area contributed by atoms with E-state index in [0.717, 1.165) is 27.2 Å². The van der Waals surface area contributed by atoms with E-state index in [9.17, 15) is 14.4 Å². The van der Waals surface area contributed by atoms with Gasteiger partial charge in [-0.25, -0.2) is 4.79 Å². The van der Waals surface area contributed by atoms with Crippen molar-refractivity contribution in [2.24, 2.45) is 0 Å². The third-order valence-corrected chi connectivity index (χ3v) is 5.97. The van der Waals surface area contributed by atoms with E-state index in [0.29, 0.717) is 6.42 Å². The van der Waals surface area contributed by atoms with E-state index in [2.05, 4.69) is 24.0 Å². The molecule has 1 fully saturated rings. The Bertz CT molecular complexity index is 1020. The van der Waals surface area contributed by atoms with Gasteiger partial charge in [0.1, 0.15) is 13.2 Å². The van der Waals surface area contributed by atoms with Gasteiger partial charge in [-0.15, -0.1) is 6.58 Å². The van der Waals surface area contributed by atoms with Crippen LogP contribution in [0.5, 0.6) is 0 Å². The number of carbonyl (C=O) groups is 3. The minimum atomic E-state index is -1.13. The first-order valence-electron chi connectivity index (χ1n) is 10.8. The van der Waals surface area contributed by atoms with Crippen LogP contribution in [-0.4, -0.2) is 66.4 Å². The molecular weight excluding hydrogens is 424 g/mol. The van der Waals surface area contributed by atoms with Gasteiger partial charge in [-0.2, -0.15) is 0 Å². The molecule has 8 heteroatoms. The number of nitrogens with one attached hydrogen (secondary N) is 1. The van der Waals surface area contributed by atoms with E-state index in [1.165, 1.54) is 6.08 Å². The maximum atomic E-state index is 12.8. The minimum Gasteiger partial charge on any atom is -0.480 e. The number of carboxylic acids is 1. The lowest BCUT2D eigenvalue weighted by atomic mass is 9.98. The van der Waals surface area contributed by atoms with Gasteiger partial charge in [0.05, 0.1) is 6.04 Å². The number of amides is 2. The fourth-order valence-corrected chi connectivity index (χ4v) is 4.50. The fraction of sp³-hybridized carbons (Fsp3) is 0.320. The van der Waals surface area contributed by atoms with Crippen molar-refractivity contribution in [2.75, 3.05) is 26.3 Å². The third kappa shape index (κ3) is 4.75. The van der Waals surface area contributed by atoms with Crippen LogP contribution in [0.4, 0.5) is 4.79 Å². The van der Waals surface area contributed by atoms with Crippen molar-refractivity contribution in [3.05, 3.63) is 72.3 Å². The van der Waals surface area contributed by atoms with E-state index in [4.69, 9.17) is 14.6 Å². The number of ether oxygens (including phenoxy) is 2. The molecule has 1 aliphatic heterocycles. The largest absolute Gasteiger partial charge is 0.480 e. The number of nitrogens with zero attached hydrogens (tertiary/aromatic N) is 1. The number of carboxylic acid groups (broad SMARTS) is 1. The first-order chi connectivity index (χ1) is 16.0. The second-order valence-electron chi connectivity index (χ2n) is 8.06. The average molecular weight is 450 g/mol. The molecule has 2 atom stereocenters. The van der Waals surface area contributed by atoms with Crippen LogP contribution in [-0.2, 0) is 19.1 Å². The van der Waals surface area contributed by atoms with Crippen molar-refractivity contribution in [1.29, 1.82) is 0 Å². The van der Waals surface area contributed by atoms with Gasteiger partial charge in [0, 0.05) is 19.1 Å². The lowest BCUT2D eigenvalue weighted by molar-refractivity contribution is -0.149. The zero-order valence-electron chi connectivity index (χ0n) is 18.1. The highest BCUT2D eigenvalue weighted by molar-refractivity contribution is 5.86. The second kappa shape index (κ2) is 9.87. The molecule has 2 aromatic carbocycles. The Balaban J connectivity index is 1.39. The van der Waals surface area contributed by atoms with Crippen LogP contribution in [0.2, 0.25) is 0 Å². The molecule has 0 aromatic heterocycles. The lowest BCUT2D eigenvalue weighted by Gasteiger charge is -2.26. The van der Waals surface area contributed by atoms with Crippen LogP contribution in [0, 0.1) is 0 Å². The molecule has 1 saturated heterocycles. The molecule has 0 radical (unpaired) electrons. The van der Waals surface area contributed by atoms with Crippen molar-refractivity contribution in [3.8, 4) is 11.1 Å². The number of rotatable bonds is 8. The predicted molar refractivity (Wildman–Crippen MR) is 121 cm³/mol. The van der Waals surface area contributed by atoms with Crippen molar-refractivity contribution >= 4 is 18.0 Å². The molecule has 1 aliphatic carbocycles. The summed E-state index contributed by atoms with van der Waals surface area (Å²) >= 11 is 0. The normalized spacial score (nSPS) is 18.8. The van der Waals surface area contributed by atoms with Gasteiger partial charge in [-0.05, 0) is 28.7 Å². The van der Waals surface area contributed by atoms with Crippen molar-refractivity contribution < 1.29 is 29.0 Å². The van der Waals surface area contributed by atoms with Crippen LogP contribution in [0.25, 0.3) is 11.1 Å². The Morgan fingerprint density at radius 1 is 1.12 bits per heavy atom. The second-order valence-corrected chi connectivity index (χ2v) is 8.06. The van der Waals surface area contributed by atoms with Gasteiger partial charge < -0.3 is 24.8 Å². The summed E-state index contributed by atoms with van der Waals surface area (Å²) in [6.45, 7) is 3.60. The first-order valence-corrected chi connectivity index (χ1v) is 10.8. The molecule has 2 unspecified atom stereocenters. The molecule has 4 rings (SSSR count). The number of fused-ring (bicyclic) bond motifs is 3. The van der Waals surface area contributed by atoms with Gasteiger partial charge in [0.25, 0.3) is 5.91 Å². The van der Waals surface area contributed by atoms with Gasteiger partial charge in [0.15, 0.2) is 6.10 Å². The smallest absolute Gasteiger partial charge is 0.407 e. The third-order valence-electron chi connectivity index (χ3n) is 5.97. The van der Waals surface area contributed by atoms with Crippen LogP contribution < -0.4 is 5.32 Å². The van der Waals surface area contributed by atoms with E-state index in [1.807, 2.05) is 36.4 Å². The highest BCUT2D eigenvalue weighted by atomic mass is 16.6. The molecule has 2 amide bonds. The summed E-state index contributed by atoms with van der Waals surface area (Å²) in [6, 6.07) is 15.5. The van der Waals surface area contributed by atoms with Crippen LogP contribution in [0.3, 0.4) is 0 Å². The molecule has 0 saturated carbocycles. The summed E-state index contributed by atoms with van der Waals surface area (Å²) in [5, 5.41) is 11.8. The molecular formula is C25H26N2O6. The maximum Gasteiger partial charge on any atom is 0.407 e. The van der Waals surface area contributed by atoms with Crippen LogP contribution >= 0.6 is 0 Å². The number of alkyl carbamates (subject to hydrolysis) is 1. The van der Waals surface area contributed by atoms with Crippen molar-refractivity contribution in [1.82, 2.24) is 10.2 Å². The zero-order valence-corrected chi connectivity index (χ0v) is 18.1. The Labute approximate surface area is 191 Å². The Morgan fingerprint density at radius 2 is 1.76 bits per heavy atom. The van der Waals surface area contributed by atoms with Crippen LogP contribution in [0.1, 0.15) is 23.5 Å². The lowest BCUT2D eigenvalue weighted by Crippen LogP contribution is -2.50. The van der Waals surface area contributed by atoms with E-state index in [1.54, 1.807) is 0 Å². The van der Waals surface area contributed by atoms with Gasteiger partial charge in [-0.3, -0.25) is 9.59 Å². The van der Waals surface area contributed by atoms with Crippen molar-refractivity contribution in [3.63, 3.8) is 0 Å². The van der Waals surface area contributed by atoms with E-state index < -0.39 is 36.7 Å². The Morgan fingerprint density at radius 3 is 2.36 bits per heavy atom. The quantitative estimate of drug-likeness (QED) is 0.600. The fourth-order valence-electron chi connectivity index (χ4n) is 4.50. The summed E-state index contributed by atoms with van der Waals surface area (Å²) in [4.78, 5) is 37.6. The first kappa shape index (κ1) is 22.5. The number of hydrogen-bond donors (Lipinski definition) is 2. The zero-order chi connectivity index (χ0) is 23.4. The molecule has 33 heavy (non-hydrogen) atoms. The molecule has 0 spiro atoms. The molecule has 8 nitrogen and oxygen atoms in total. The summed E-state index contributed by atoms with van der Waals surface area (Å²) in [5.41, 5.74) is 4.49. The van der Waals surface area contributed by atoms with Gasteiger partial charge >= 0.3 is 12.1 Å². The number of aliphatic carboxylic acids is 1. The summed E-state index contributed by atoms with van der Waals surface area (Å²) < 4.78 is 11.1. The average Bonchev–Trinajstić information content (AvgIpc) is 3.39. The van der Waals surface area contributed by atoms with E-state index >= 15 is 0 Å². The molecule has 2 aliphatic rings. The summed E-state index contributed by atoms with van der Waals surface area (Å²) in [6.07, 6.45) is 0.266. The topological polar surface area (TPSA) is 105 Å². The molecule has 0 bridgehead atoms. The number of hydrogen-bond acceptors (Lipinski definition) is 5. The number of carbonyl (C=O) groups excluding carboxylic acids is 2. The SMILES string of the molecule is C=CCN(CC(=O)O)C(=O)C1OCCC1NC(=O)OCC1c2ccccc2-c2ccccc21. The summed E-state index contributed by atoms with van der Waals surface area (Å²) in [7, 11) is 0. The van der Waals surface area contributed by atoms with Gasteiger partial charge in [0.2, 0.25) is 0 Å². The molecule has 172 valence electrons.